The third kappa shape index (κ3) is 3.38. The maximum Gasteiger partial charge on any atom is 0.111 e. The fourth-order valence-corrected chi connectivity index (χ4v) is 2.27. The van der Waals surface area contributed by atoms with Gasteiger partial charge in [-0.05, 0) is 23.3 Å². The summed E-state index contributed by atoms with van der Waals surface area (Å²) in [5.74, 6) is 0. The first-order chi connectivity index (χ1) is 9.65. The van der Waals surface area contributed by atoms with Gasteiger partial charge < -0.3 is 5.11 Å². The van der Waals surface area contributed by atoms with E-state index in [-0.39, 0.29) is 0 Å². The topological polar surface area (TPSA) is 20.2 Å². The standard InChI is InChI=1S/C18H17ClO/c1-2-13-18(20,16-9-4-3-5-10-16)14-12-15-8-6-7-11-17(15)19/h2-12,14,20H,1,13H2/b14-12+. The first-order valence-corrected chi connectivity index (χ1v) is 6.86. The first-order valence-electron chi connectivity index (χ1n) is 6.48. The number of hydrogen-bond acceptors (Lipinski definition) is 1. The summed E-state index contributed by atoms with van der Waals surface area (Å²) in [6, 6.07) is 17.1. The highest BCUT2D eigenvalue weighted by atomic mass is 35.5. The van der Waals surface area contributed by atoms with E-state index in [1.54, 1.807) is 12.2 Å². The molecule has 1 N–H and O–H groups in total. The van der Waals surface area contributed by atoms with Gasteiger partial charge in [0.25, 0.3) is 0 Å². The summed E-state index contributed by atoms with van der Waals surface area (Å²) in [6.45, 7) is 3.72. The lowest BCUT2D eigenvalue weighted by molar-refractivity contribution is 0.0938. The Morgan fingerprint density at radius 3 is 2.35 bits per heavy atom. The fraction of sp³-hybridized carbons (Fsp3) is 0.111. The number of halogens is 1. The zero-order valence-corrected chi connectivity index (χ0v) is 11.9. The van der Waals surface area contributed by atoms with Crippen LogP contribution in [0.4, 0.5) is 0 Å². The van der Waals surface area contributed by atoms with Gasteiger partial charge in [-0.1, -0.05) is 72.3 Å². The Morgan fingerprint density at radius 2 is 1.70 bits per heavy atom. The lowest BCUT2D eigenvalue weighted by Gasteiger charge is -2.23. The van der Waals surface area contributed by atoms with Crippen molar-refractivity contribution in [1.82, 2.24) is 0 Å². The average molecular weight is 285 g/mol. The van der Waals surface area contributed by atoms with Crippen LogP contribution < -0.4 is 0 Å². The molecule has 0 aliphatic rings. The van der Waals surface area contributed by atoms with Crippen molar-refractivity contribution >= 4 is 17.7 Å². The lowest BCUT2D eigenvalue weighted by atomic mass is 9.89. The third-order valence-electron chi connectivity index (χ3n) is 3.17. The van der Waals surface area contributed by atoms with Crippen molar-refractivity contribution in [2.75, 3.05) is 0 Å². The molecule has 102 valence electrons. The Morgan fingerprint density at radius 1 is 1.05 bits per heavy atom. The molecule has 0 aliphatic carbocycles. The molecule has 2 aromatic carbocycles. The van der Waals surface area contributed by atoms with Crippen molar-refractivity contribution < 1.29 is 5.11 Å². The van der Waals surface area contributed by atoms with Crippen LogP contribution in [-0.2, 0) is 5.60 Å². The SMILES string of the molecule is C=CCC(O)(/C=C/c1ccccc1Cl)c1ccccc1. The van der Waals surface area contributed by atoms with E-state index in [0.29, 0.717) is 11.4 Å². The van der Waals surface area contributed by atoms with Gasteiger partial charge in [-0.15, -0.1) is 6.58 Å². The molecule has 0 aliphatic heterocycles. The summed E-state index contributed by atoms with van der Waals surface area (Å²) in [5, 5.41) is 11.5. The zero-order chi connectivity index (χ0) is 14.4. The summed E-state index contributed by atoms with van der Waals surface area (Å²) in [5.41, 5.74) is 0.651. The van der Waals surface area contributed by atoms with Gasteiger partial charge in [0.15, 0.2) is 0 Å². The van der Waals surface area contributed by atoms with Crippen LogP contribution in [0.2, 0.25) is 5.02 Å². The molecule has 0 bridgehead atoms. The molecule has 0 spiro atoms. The Balaban J connectivity index is 2.35. The second-order valence-corrected chi connectivity index (χ2v) is 5.05. The monoisotopic (exact) mass is 284 g/mol. The van der Waals surface area contributed by atoms with Crippen LogP contribution in [-0.4, -0.2) is 5.11 Å². The molecule has 1 nitrogen and oxygen atoms in total. The highest BCUT2D eigenvalue weighted by molar-refractivity contribution is 6.32. The van der Waals surface area contributed by atoms with E-state index in [0.717, 1.165) is 11.1 Å². The molecule has 0 fully saturated rings. The normalized spacial score (nSPS) is 14.1. The number of hydrogen-bond donors (Lipinski definition) is 1. The maximum absolute atomic E-state index is 10.8. The summed E-state index contributed by atoms with van der Waals surface area (Å²) < 4.78 is 0. The molecule has 0 aromatic heterocycles. The molecular formula is C18H17ClO. The first kappa shape index (κ1) is 14.6. The van der Waals surface area contributed by atoms with E-state index in [2.05, 4.69) is 6.58 Å². The Labute approximate surface area is 124 Å². The van der Waals surface area contributed by atoms with E-state index in [1.165, 1.54) is 0 Å². The van der Waals surface area contributed by atoms with Crippen molar-refractivity contribution in [3.8, 4) is 0 Å². The van der Waals surface area contributed by atoms with Gasteiger partial charge in [0.1, 0.15) is 5.60 Å². The summed E-state index contributed by atoms with van der Waals surface area (Å²) in [7, 11) is 0. The van der Waals surface area contributed by atoms with Crippen LogP contribution in [0, 0.1) is 0 Å². The molecule has 20 heavy (non-hydrogen) atoms. The van der Waals surface area contributed by atoms with Crippen LogP contribution in [0.1, 0.15) is 17.5 Å². The predicted molar refractivity (Wildman–Crippen MR) is 85.6 cm³/mol. The molecule has 0 heterocycles. The lowest BCUT2D eigenvalue weighted by Crippen LogP contribution is -2.21. The maximum atomic E-state index is 10.8. The van der Waals surface area contributed by atoms with Crippen molar-refractivity contribution in [1.29, 1.82) is 0 Å². The second kappa shape index (κ2) is 6.56. The number of rotatable bonds is 5. The minimum atomic E-state index is -1.07. The van der Waals surface area contributed by atoms with Crippen molar-refractivity contribution in [2.45, 2.75) is 12.0 Å². The van der Waals surface area contributed by atoms with Crippen molar-refractivity contribution in [2.24, 2.45) is 0 Å². The molecular weight excluding hydrogens is 268 g/mol. The van der Waals surface area contributed by atoms with E-state index in [4.69, 9.17) is 11.6 Å². The molecule has 0 amide bonds. The highest BCUT2D eigenvalue weighted by Gasteiger charge is 2.24. The molecule has 1 atom stereocenters. The summed E-state index contributed by atoms with van der Waals surface area (Å²) in [4.78, 5) is 0. The molecule has 0 saturated heterocycles. The molecule has 0 radical (unpaired) electrons. The van der Waals surface area contributed by atoms with Gasteiger partial charge in [-0.2, -0.15) is 0 Å². The van der Waals surface area contributed by atoms with Gasteiger partial charge >= 0.3 is 0 Å². The van der Waals surface area contributed by atoms with Gasteiger partial charge in [0.2, 0.25) is 0 Å². The number of benzene rings is 2. The smallest absolute Gasteiger partial charge is 0.111 e. The van der Waals surface area contributed by atoms with Crippen LogP contribution in [0.25, 0.3) is 6.08 Å². The fourth-order valence-electron chi connectivity index (χ4n) is 2.07. The van der Waals surface area contributed by atoms with Crippen LogP contribution >= 0.6 is 11.6 Å². The quantitative estimate of drug-likeness (QED) is 0.781. The molecule has 2 rings (SSSR count). The van der Waals surface area contributed by atoms with Gasteiger partial charge in [0.05, 0.1) is 0 Å². The molecule has 2 heteroatoms. The van der Waals surface area contributed by atoms with Crippen LogP contribution in [0.5, 0.6) is 0 Å². The van der Waals surface area contributed by atoms with Gasteiger partial charge in [-0.25, -0.2) is 0 Å². The molecule has 0 saturated carbocycles. The van der Waals surface area contributed by atoms with Crippen molar-refractivity contribution in [3.63, 3.8) is 0 Å². The highest BCUT2D eigenvalue weighted by Crippen LogP contribution is 2.28. The van der Waals surface area contributed by atoms with E-state index >= 15 is 0 Å². The van der Waals surface area contributed by atoms with E-state index in [9.17, 15) is 5.11 Å². The van der Waals surface area contributed by atoms with E-state index < -0.39 is 5.60 Å². The Bertz CT molecular complexity index is 604. The molecule has 1 unspecified atom stereocenters. The predicted octanol–water partition coefficient (Wildman–Crippen LogP) is 4.82. The van der Waals surface area contributed by atoms with Crippen LogP contribution in [0.3, 0.4) is 0 Å². The van der Waals surface area contributed by atoms with Gasteiger partial charge in [0, 0.05) is 11.4 Å². The number of aliphatic hydroxyl groups is 1. The van der Waals surface area contributed by atoms with Crippen LogP contribution in [0.15, 0.2) is 73.3 Å². The second-order valence-electron chi connectivity index (χ2n) is 4.64. The Hall–Kier alpha value is -1.83. The zero-order valence-electron chi connectivity index (χ0n) is 11.2. The minimum absolute atomic E-state index is 0.442. The minimum Gasteiger partial charge on any atom is -0.381 e. The van der Waals surface area contributed by atoms with E-state index in [1.807, 2.05) is 60.7 Å². The average Bonchev–Trinajstić information content (AvgIpc) is 2.48. The largest absolute Gasteiger partial charge is 0.381 e. The summed E-state index contributed by atoms with van der Waals surface area (Å²) in [6.07, 6.45) is 5.77. The summed E-state index contributed by atoms with van der Waals surface area (Å²) >= 11 is 6.12. The third-order valence-corrected chi connectivity index (χ3v) is 3.52. The Kier molecular flexibility index (Phi) is 4.78. The molecule has 2 aromatic rings. The van der Waals surface area contributed by atoms with Crippen molar-refractivity contribution in [3.05, 3.63) is 89.5 Å². The van der Waals surface area contributed by atoms with Gasteiger partial charge in [-0.3, -0.25) is 0 Å².